The monoisotopic (exact) mass is 298 g/mol. The highest BCUT2D eigenvalue weighted by atomic mass is 32.2. The molecule has 0 radical (unpaired) electrons. The van der Waals surface area contributed by atoms with Gasteiger partial charge in [0.1, 0.15) is 5.25 Å². The van der Waals surface area contributed by atoms with Crippen LogP contribution in [0.1, 0.15) is 30.6 Å². The summed E-state index contributed by atoms with van der Waals surface area (Å²) in [7, 11) is -1.11. The van der Waals surface area contributed by atoms with Crippen molar-refractivity contribution in [3.63, 3.8) is 0 Å². The lowest BCUT2D eigenvalue weighted by Gasteiger charge is -2.23. The summed E-state index contributed by atoms with van der Waals surface area (Å²) in [5.41, 5.74) is 3.06. The highest BCUT2D eigenvalue weighted by molar-refractivity contribution is 7.86. The number of carbonyl (C=O) groups excluding carboxylic acids is 1. The molecule has 2 aromatic carbocycles. The average molecular weight is 298 g/mol. The number of ketones is 1. The summed E-state index contributed by atoms with van der Waals surface area (Å²) < 4.78 is 12.4. The fourth-order valence-electron chi connectivity index (χ4n) is 2.81. The van der Waals surface area contributed by atoms with Crippen LogP contribution < -0.4 is 0 Å². The maximum absolute atomic E-state index is 12.9. The van der Waals surface area contributed by atoms with E-state index in [-0.39, 0.29) is 5.78 Å². The van der Waals surface area contributed by atoms with Crippen LogP contribution >= 0.6 is 0 Å². The molecule has 3 rings (SSSR count). The third-order valence-electron chi connectivity index (χ3n) is 4.24. The Morgan fingerprint density at radius 2 is 1.76 bits per heavy atom. The van der Waals surface area contributed by atoms with E-state index in [9.17, 15) is 9.00 Å². The number of hydrogen-bond donors (Lipinski definition) is 0. The van der Waals surface area contributed by atoms with Crippen molar-refractivity contribution in [2.45, 2.75) is 25.5 Å². The quantitative estimate of drug-likeness (QED) is 0.623. The second-order valence-corrected chi connectivity index (χ2v) is 7.29. The van der Waals surface area contributed by atoms with E-state index in [0.29, 0.717) is 17.7 Å². The van der Waals surface area contributed by atoms with Crippen molar-refractivity contribution in [2.75, 3.05) is 5.75 Å². The Balaban J connectivity index is 2.04. The first-order valence-corrected chi connectivity index (χ1v) is 8.50. The Morgan fingerprint density at radius 1 is 1.05 bits per heavy atom. The molecule has 2 aromatic rings. The summed E-state index contributed by atoms with van der Waals surface area (Å²) in [5.74, 6) is 0.532. The van der Waals surface area contributed by atoms with E-state index in [1.165, 1.54) is 5.57 Å². The SMILES string of the molecule is CC1=C(C)CS(=O)C(C(=O)c2cccc3ccccc23)C1. The minimum Gasteiger partial charge on any atom is -0.293 e. The van der Waals surface area contributed by atoms with Crippen LogP contribution in [-0.2, 0) is 10.8 Å². The van der Waals surface area contributed by atoms with Crippen molar-refractivity contribution in [1.82, 2.24) is 0 Å². The first kappa shape index (κ1) is 14.2. The fourth-order valence-corrected chi connectivity index (χ4v) is 4.48. The van der Waals surface area contributed by atoms with Crippen LogP contribution in [0.15, 0.2) is 53.6 Å². The normalized spacial score (nSPS) is 22.6. The molecule has 0 N–H and O–H groups in total. The molecule has 108 valence electrons. The van der Waals surface area contributed by atoms with Gasteiger partial charge in [-0.25, -0.2) is 0 Å². The number of hydrogen-bond acceptors (Lipinski definition) is 2. The van der Waals surface area contributed by atoms with Crippen LogP contribution in [0.25, 0.3) is 10.8 Å². The van der Waals surface area contributed by atoms with Gasteiger partial charge in [-0.05, 0) is 31.0 Å². The van der Waals surface area contributed by atoms with Gasteiger partial charge in [0, 0.05) is 22.1 Å². The van der Waals surface area contributed by atoms with E-state index in [1.807, 2.05) is 56.3 Å². The summed E-state index contributed by atoms with van der Waals surface area (Å²) in [4.78, 5) is 12.9. The van der Waals surface area contributed by atoms with Crippen LogP contribution in [0.4, 0.5) is 0 Å². The Labute approximate surface area is 127 Å². The van der Waals surface area contributed by atoms with Gasteiger partial charge in [-0.2, -0.15) is 0 Å². The molecule has 1 aliphatic heterocycles. The number of rotatable bonds is 2. The Hall–Kier alpha value is -1.74. The van der Waals surface area contributed by atoms with Crippen LogP contribution in [0, 0.1) is 0 Å². The average Bonchev–Trinajstić information content (AvgIpc) is 2.49. The van der Waals surface area contributed by atoms with Gasteiger partial charge in [-0.1, -0.05) is 53.6 Å². The van der Waals surface area contributed by atoms with Gasteiger partial charge in [0.25, 0.3) is 0 Å². The van der Waals surface area contributed by atoms with E-state index < -0.39 is 16.0 Å². The van der Waals surface area contributed by atoms with Crippen molar-refractivity contribution in [3.8, 4) is 0 Å². The van der Waals surface area contributed by atoms with Gasteiger partial charge < -0.3 is 0 Å². The Bertz CT molecular complexity index is 768. The molecule has 0 aliphatic carbocycles. The lowest BCUT2D eigenvalue weighted by atomic mass is 9.96. The zero-order valence-corrected chi connectivity index (χ0v) is 13.1. The highest BCUT2D eigenvalue weighted by Crippen LogP contribution is 2.27. The molecule has 0 spiro atoms. The number of allylic oxidation sites excluding steroid dienone is 1. The number of carbonyl (C=O) groups is 1. The van der Waals surface area contributed by atoms with Gasteiger partial charge in [0.15, 0.2) is 5.78 Å². The van der Waals surface area contributed by atoms with Gasteiger partial charge in [0.05, 0.1) is 0 Å². The second-order valence-electron chi connectivity index (χ2n) is 5.67. The molecular formula is C18H18O2S. The third-order valence-corrected chi connectivity index (χ3v) is 5.98. The van der Waals surface area contributed by atoms with E-state index in [2.05, 4.69) is 0 Å². The third kappa shape index (κ3) is 2.58. The van der Waals surface area contributed by atoms with Crippen molar-refractivity contribution >= 4 is 27.4 Å². The van der Waals surface area contributed by atoms with Crippen molar-refractivity contribution in [2.24, 2.45) is 0 Å². The highest BCUT2D eigenvalue weighted by Gasteiger charge is 2.31. The molecule has 2 atom stereocenters. The van der Waals surface area contributed by atoms with E-state index in [4.69, 9.17) is 0 Å². The predicted molar refractivity (Wildman–Crippen MR) is 88.1 cm³/mol. The number of Topliss-reactive ketones (excluding diaryl/α,β-unsaturated/α-hetero) is 1. The molecular weight excluding hydrogens is 280 g/mol. The second kappa shape index (κ2) is 5.57. The Morgan fingerprint density at radius 3 is 2.57 bits per heavy atom. The number of benzene rings is 2. The van der Waals surface area contributed by atoms with Gasteiger partial charge in [0.2, 0.25) is 0 Å². The van der Waals surface area contributed by atoms with Crippen molar-refractivity contribution in [1.29, 1.82) is 0 Å². The first-order valence-electron chi connectivity index (χ1n) is 7.12. The summed E-state index contributed by atoms with van der Waals surface area (Å²) in [5, 5.41) is 1.60. The van der Waals surface area contributed by atoms with Crippen LogP contribution in [0.2, 0.25) is 0 Å². The predicted octanol–water partition coefficient (Wildman–Crippen LogP) is 3.88. The lowest BCUT2D eigenvalue weighted by molar-refractivity contribution is 0.0989. The van der Waals surface area contributed by atoms with Crippen LogP contribution in [-0.4, -0.2) is 21.0 Å². The van der Waals surface area contributed by atoms with Gasteiger partial charge in [-0.15, -0.1) is 0 Å². The van der Waals surface area contributed by atoms with Gasteiger partial charge >= 0.3 is 0 Å². The van der Waals surface area contributed by atoms with Gasteiger partial charge in [-0.3, -0.25) is 9.00 Å². The summed E-state index contributed by atoms with van der Waals surface area (Å²) in [6, 6.07) is 13.6. The van der Waals surface area contributed by atoms with Crippen molar-refractivity contribution in [3.05, 3.63) is 59.2 Å². The summed E-state index contributed by atoms with van der Waals surface area (Å²) >= 11 is 0. The first-order chi connectivity index (χ1) is 10.1. The summed E-state index contributed by atoms with van der Waals surface area (Å²) in [6.07, 6.45) is 0.612. The fraction of sp³-hybridized carbons (Fsp3) is 0.278. The molecule has 2 nitrogen and oxygen atoms in total. The molecule has 3 heteroatoms. The maximum Gasteiger partial charge on any atom is 0.179 e. The van der Waals surface area contributed by atoms with Crippen LogP contribution in [0.5, 0.6) is 0 Å². The molecule has 21 heavy (non-hydrogen) atoms. The largest absolute Gasteiger partial charge is 0.293 e. The molecule has 2 unspecified atom stereocenters. The number of fused-ring (bicyclic) bond motifs is 1. The molecule has 0 amide bonds. The molecule has 1 aliphatic rings. The van der Waals surface area contributed by atoms with Crippen LogP contribution in [0.3, 0.4) is 0 Å². The molecule has 0 saturated carbocycles. The lowest BCUT2D eigenvalue weighted by Crippen LogP contribution is -2.32. The zero-order chi connectivity index (χ0) is 15.0. The molecule has 0 aromatic heterocycles. The molecule has 1 heterocycles. The van der Waals surface area contributed by atoms with E-state index >= 15 is 0 Å². The van der Waals surface area contributed by atoms with Crippen molar-refractivity contribution < 1.29 is 9.00 Å². The molecule has 0 saturated heterocycles. The zero-order valence-electron chi connectivity index (χ0n) is 12.3. The molecule has 0 fully saturated rings. The smallest absolute Gasteiger partial charge is 0.179 e. The Kier molecular flexibility index (Phi) is 3.77. The summed E-state index contributed by atoms with van der Waals surface area (Å²) in [6.45, 7) is 4.04. The standard InChI is InChI=1S/C18H18O2S/c1-12-10-17(21(20)11-13(12)2)18(19)16-9-5-7-14-6-3-4-8-15(14)16/h3-9,17H,10-11H2,1-2H3. The van der Waals surface area contributed by atoms with E-state index in [0.717, 1.165) is 16.3 Å². The molecule has 0 bridgehead atoms. The maximum atomic E-state index is 12.9. The topological polar surface area (TPSA) is 34.1 Å². The minimum absolute atomic E-state index is 0.0111. The minimum atomic E-state index is -1.11. The van der Waals surface area contributed by atoms with E-state index in [1.54, 1.807) is 0 Å².